The van der Waals surface area contributed by atoms with Crippen molar-refractivity contribution in [3.63, 3.8) is 0 Å². The van der Waals surface area contributed by atoms with Crippen LogP contribution in [0.15, 0.2) is 0 Å². The van der Waals surface area contributed by atoms with E-state index in [0.29, 0.717) is 0 Å². The zero-order chi connectivity index (χ0) is 9.97. The first-order chi connectivity index (χ1) is 6.77. The number of hydrogen-bond acceptors (Lipinski definition) is 5. The molecule has 0 spiro atoms. The fourth-order valence-electron chi connectivity index (χ4n) is 1.37. The normalized spacial score (nSPS) is 19.7. The quantitative estimate of drug-likeness (QED) is 0.678. The summed E-state index contributed by atoms with van der Waals surface area (Å²) < 4.78 is 5.24. The molecule has 0 radical (unpaired) electrons. The van der Waals surface area contributed by atoms with E-state index in [1.54, 1.807) is 0 Å². The number of morpholine rings is 1. The number of nitrogens with one attached hydrogen (secondary N) is 1. The summed E-state index contributed by atoms with van der Waals surface area (Å²) in [5.74, 6) is 1.45. The van der Waals surface area contributed by atoms with Crippen molar-refractivity contribution >= 4 is 5.95 Å². The molecular weight excluding hydrogens is 182 g/mol. The lowest BCUT2D eigenvalue weighted by Crippen LogP contribution is -2.36. The van der Waals surface area contributed by atoms with Gasteiger partial charge in [0.25, 0.3) is 0 Å². The lowest BCUT2D eigenvalue weighted by molar-refractivity contribution is 0.122. The summed E-state index contributed by atoms with van der Waals surface area (Å²) in [5, 5.41) is 6.95. The molecule has 0 amide bonds. The summed E-state index contributed by atoms with van der Waals surface area (Å²) in [6.07, 6.45) is 0. The maximum atomic E-state index is 5.68. The minimum absolute atomic E-state index is 0.0997. The molecule has 2 heterocycles. The summed E-state index contributed by atoms with van der Waals surface area (Å²) in [7, 11) is 0. The Hall–Kier alpha value is -1.14. The van der Waals surface area contributed by atoms with E-state index in [4.69, 9.17) is 10.5 Å². The van der Waals surface area contributed by atoms with Crippen LogP contribution in [-0.4, -0.2) is 41.5 Å². The SMILES string of the molecule is C[C@@H](N)c1nc(N2CCOCC2)n[nH]1. The van der Waals surface area contributed by atoms with Gasteiger partial charge >= 0.3 is 0 Å². The molecule has 0 bridgehead atoms. The standard InChI is InChI=1S/C8H15N5O/c1-6(9)7-10-8(12-11-7)13-2-4-14-5-3-13/h6H,2-5,9H2,1H3,(H,10,11,12)/t6-/m1/s1. The van der Waals surface area contributed by atoms with Crippen LogP contribution in [0.3, 0.4) is 0 Å². The van der Waals surface area contributed by atoms with Gasteiger partial charge in [0, 0.05) is 13.1 Å². The van der Waals surface area contributed by atoms with E-state index in [0.717, 1.165) is 38.1 Å². The van der Waals surface area contributed by atoms with E-state index in [-0.39, 0.29) is 6.04 Å². The molecule has 6 heteroatoms. The zero-order valence-electron chi connectivity index (χ0n) is 8.23. The van der Waals surface area contributed by atoms with Gasteiger partial charge in [0.1, 0.15) is 5.82 Å². The van der Waals surface area contributed by atoms with Crippen LogP contribution in [0.4, 0.5) is 5.95 Å². The van der Waals surface area contributed by atoms with Gasteiger partial charge in [-0.1, -0.05) is 0 Å². The van der Waals surface area contributed by atoms with Crippen molar-refractivity contribution < 1.29 is 4.74 Å². The van der Waals surface area contributed by atoms with Gasteiger partial charge in [0.2, 0.25) is 5.95 Å². The van der Waals surface area contributed by atoms with Gasteiger partial charge < -0.3 is 15.4 Å². The van der Waals surface area contributed by atoms with Crippen molar-refractivity contribution in [2.75, 3.05) is 31.2 Å². The fourth-order valence-corrected chi connectivity index (χ4v) is 1.37. The molecule has 14 heavy (non-hydrogen) atoms. The molecule has 2 rings (SSSR count). The molecule has 1 atom stereocenters. The van der Waals surface area contributed by atoms with Gasteiger partial charge in [-0.25, -0.2) is 0 Å². The number of aromatic nitrogens is 3. The van der Waals surface area contributed by atoms with E-state index in [9.17, 15) is 0 Å². The smallest absolute Gasteiger partial charge is 0.244 e. The van der Waals surface area contributed by atoms with E-state index in [1.165, 1.54) is 0 Å². The number of anilines is 1. The average Bonchev–Trinajstić information content (AvgIpc) is 2.68. The van der Waals surface area contributed by atoms with E-state index < -0.39 is 0 Å². The molecular formula is C8H15N5O. The molecule has 1 saturated heterocycles. The van der Waals surface area contributed by atoms with Crippen LogP contribution in [0.5, 0.6) is 0 Å². The molecule has 3 N–H and O–H groups in total. The van der Waals surface area contributed by atoms with Crippen molar-refractivity contribution in [2.24, 2.45) is 5.73 Å². The minimum Gasteiger partial charge on any atom is -0.378 e. The summed E-state index contributed by atoms with van der Waals surface area (Å²) in [5.41, 5.74) is 5.68. The number of hydrogen-bond donors (Lipinski definition) is 2. The maximum absolute atomic E-state index is 5.68. The van der Waals surface area contributed by atoms with Gasteiger partial charge in [-0.05, 0) is 6.92 Å². The second-order valence-corrected chi connectivity index (χ2v) is 3.41. The predicted molar refractivity (Wildman–Crippen MR) is 52.0 cm³/mol. The molecule has 0 unspecified atom stereocenters. The van der Waals surface area contributed by atoms with Gasteiger partial charge in [-0.2, -0.15) is 4.98 Å². The second-order valence-electron chi connectivity index (χ2n) is 3.41. The highest BCUT2D eigenvalue weighted by Gasteiger charge is 2.16. The lowest BCUT2D eigenvalue weighted by atomic mass is 10.3. The number of H-pyrrole nitrogens is 1. The van der Waals surface area contributed by atoms with Crippen LogP contribution in [0, 0.1) is 0 Å². The van der Waals surface area contributed by atoms with Crippen LogP contribution in [0.25, 0.3) is 0 Å². The largest absolute Gasteiger partial charge is 0.378 e. The van der Waals surface area contributed by atoms with Gasteiger partial charge in [0.05, 0.1) is 19.3 Å². The number of nitrogens with two attached hydrogens (primary N) is 1. The lowest BCUT2D eigenvalue weighted by Gasteiger charge is -2.25. The Balaban J connectivity index is 2.07. The van der Waals surface area contributed by atoms with Crippen LogP contribution < -0.4 is 10.6 Å². The van der Waals surface area contributed by atoms with E-state index in [2.05, 4.69) is 20.1 Å². The zero-order valence-corrected chi connectivity index (χ0v) is 8.23. The van der Waals surface area contributed by atoms with Gasteiger partial charge in [-0.3, -0.25) is 5.10 Å². The summed E-state index contributed by atoms with van der Waals surface area (Å²) in [6.45, 7) is 5.04. The first-order valence-electron chi connectivity index (χ1n) is 4.78. The Labute approximate surface area is 82.4 Å². The van der Waals surface area contributed by atoms with E-state index >= 15 is 0 Å². The summed E-state index contributed by atoms with van der Waals surface area (Å²) >= 11 is 0. The topological polar surface area (TPSA) is 80.1 Å². The third-order valence-corrected chi connectivity index (χ3v) is 2.22. The Morgan fingerprint density at radius 2 is 2.21 bits per heavy atom. The molecule has 0 saturated carbocycles. The Morgan fingerprint density at radius 1 is 1.50 bits per heavy atom. The Kier molecular flexibility index (Phi) is 2.64. The Morgan fingerprint density at radius 3 is 2.79 bits per heavy atom. The van der Waals surface area contributed by atoms with Crippen molar-refractivity contribution in [1.29, 1.82) is 0 Å². The van der Waals surface area contributed by atoms with Crippen molar-refractivity contribution in [3.8, 4) is 0 Å². The number of ether oxygens (including phenoxy) is 1. The maximum Gasteiger partial charge on any atom is 0.244 e. The third-order valence-electron chi connectivity index (χ3n) is 2.22. The van der Waals surface area contributed by atoms with Crippen LogP contribution >= 0.6 is 0 Å². The molecule has 1 fully saturated rings. The number of aromatic amines is 1. The highest BCUT2D eigenvalue weighted by Crippen LogP contribution is 2.11. The molecule has 1 aliphatic rings. The van der Waals surface area contributed by atoms with Crippen LogP contribution in [0.1, 0.15) is 18.8 Å². The summed E-state index contributed by atoms with van der Waals surface area (Å²) in [4.78, 5) is 6.40. The fraction of sp³-hybridized carbons (Fsp3) is 0.750. The van der Waals surface area contributed by atoms with Gasteiger partial charge in [-0.15, -0.1) is 5.10 Å². The molecule has 0 aliphatic carbocycles. The highest BCUT2D eigenvalue weighted by molar-refractivity contribution is 5.29. The first kappa shape index (κ1) is 9.42. The van der Waals surface area contributed by atoms with Crippen LogP contribution in [0.2, 0.25) is 0 Å². The number of nitrogens with zero attached hydrogens (tertiary/aromatic N) is 3. The molecule has 0 aromatic carbocycles. The van der Waals surface area contributed by atoms with E-state index in [1.807, 2.05) is 6.92 Å². The van der Waals surface area contributed by atoms with Crippen LogP contribution in [-0.2, 0) is 4.74 Å². The highest BCUT2D eigenvalue weighted by atomic mass is 16.5. The van der Waals surface area contributed by atoms with Crippen molar-refractivity contribution in [2.45, 2.75) is 13.0 Å². The summed E-state index contributed by atoms with van der Waals surface area (Å²) in [6, 6.07) is -0.0997. The molecule has 1 aromatic heterocycles. The first-order valence-corrected chi connectivity index (χ1v) is 4.78. The van der Waals surface area contributed by atoms with Crippen molar-refractivity contribution in [1.82, 2.24) is 15.2 Å². The second kappa shape index (κ2) is 3.93. The average molecular weight is 197 g/mol. The third kappa shape index (κ3) is 1.85. The Bertz CT molecular complexity index is 292. The molecule has 1 aliphatic heterocycles. The van der Waals surface area contributed by atoms with Crippen molar-refractivity contribution in [3.05, 3.63) is 5.82 Å². The van der Waals surface area contributed by atoms with Gasteiger partial charge in [0.15, 0.2) is 0 Å². The minimum atomic E-state index is -0.0997. The monoisotopic (exact) mass is 197 g/mol. The molecule has 6 nitrogen and oxygen atoms in total. The molecule has 1 aromatic rings. The predicted octanol–water partition coefficient (Wildman–Crippen LogP) is -0.339. The molecule has 78 valence electrons. The number of rotatable bonds is 2.